The zero-order chi connectivity index (χ0) is 44.2. The van der Waals surface area contributed by atoms with E-state index in [1.165, 1.54) is 0 Å². The molecule has 6 rings (SSSR count). The largest absolute Gasteiger partial charge is 0.509 e. The van der Waals surface area contributed by atoms with Gasteiger partial charge in [0, 0.05) is 68.1 Å². The van der Waals surface area contributed by atoms with Crippen molar-refractivity contribution in [1.82, 2.24) is 9.80 Å². The molecule has 1 aromatic rings. The highest BCUT2D eigenvalue weighted by atomic mass is 35.6. The van der Waals surface area contributed by atoms with Gasteiger partial charge in [-0.3, -0.25) is 9.59 Å². The zero-order valence-corrected chi connectivity index (χ0v) is 38.7. The van der Waals surface area contributed by atoms with Crippen molar-refractivity contribution in [2.45, 2.75) is 121 Å². The number of ether oxygens (including phenoxy) is 5. The van der Waals surface area contributed by atoms with Crippen LogP contribution in [0.25, 0.3) is 0 Å². The van der Waals surface area contributed by atoms with Gasteiger partial charge < -0.3 is 38.6 Å². The van der Waals surface area contributed by atoms with Crippen LogP contribution in [0, 0.1) is 34.0 Å². The van der Waals surface area contributed by atoms with Crippen LogP contribution in [0.1, 0.15) is 92.6 Å². The molecule has 0 radical (unpaired) electrons. The average Bonchev–Trinajstić information content (AvgIpc) is 3.18. The minimum Gasteiger partial charge on any atom is -0.461 e. The molecule has 15 heteroatoms. The summed E-state index contributed by atoms with van der Waals surface area (Å²) in [5, 5.41) is 13.4. The second-order valence-corrected chi connectivity index (χ2v) is 21.6. The molecule has 334 valence electrons. The van der Waals surface area contributed by atoms with Crippen LogP contribution in [0.15, 0.2) is 41.5 Å². The molecule has 2 heterocycles. The van der Waals surface area contributed by atoms with Crippen LogP contribution >= 0.6 is 34.8 Å². The maximum absolute atomic E-state index is 15.5. The number of hydrogen-bond donors (Lipinski definition) is 1. The molecule has 2 saturated heterocycles. The van der Waals surface area contributed by atoms with Crippen LogP contribution in [-0.4, -0.2) is 126 Å². The van der Waals surface area contributed by atoms with Crippen molar-refractivity contribution in [3.05, 3.63) is 47.0 Å². The number of alkyl halides is 3. The number of rotatable bonds is 11. The van der Waals surface area contributed by atoms with E-state index in [4.69, 9.17) is 58.5 Å². The number of carbonyl (C=O) groups excluding carboxylic acids is 4. The summed E-state index contributed by atoms with van der Waals surface area (Å²) >= 11 is 17.4. The van der Waals surface area contributed by atoms with Gasteiger partial charge in [0.05, 0.1) is 23.7 Å². The van der Waals surface area contributed by atoms with Gasteiger partial charge in [0.2, 0.25) is 9.90 Å². The van der Waals surface area contributed by atoms with Crippen LogP contribution < -0.4 is 0 Å². The molecular weight excluding hydrogens is 835 g/mol. The van der Waals surface area contributed by atoms with Crippen LogP contribution in [-0.2, 0) is 38.1 Å². The lowest BCUT2D eigenvalue weighted by molar-refractivity contribution is -0.303. The van der Waals surface area contributed by atoms with E-state index in [-0.39, 0.29) is 30.7 Å². The number of likely N-dealkylation sites (N-methyl/N-ethyl adjacent to an activating group) is 1. The molecule has 0 spiro atoms. The van der Waals surface area contributed by atoms with Crippen molar-refractivity contribution in [1.29, 1.82) is 0 Å². The van der Waals surface area contributed by atoms with Crippen LogP contribution in [0.2, 0.25) is 0 Å². The summed E-state index contributed by atoms with van der Waals surface area (Å²) in [5.74, 6) is -3.78. The van der Waals surface area contributed by atoms with Gasteiger partial charge in [-0.15, -0.1) is 0 Å². The highest BCUT2D eigenvalue weighted by molar-refractivity contribution is 6.67. The summed E-state index contributed by atoms with van der Waals surface area (Å²) in [6.45, 7) is 19.8. The van der Waals surface area contributed by atoms with E-state index >= 15 is 4.79 Å². The fourth-order valence-corrected chi connectivity index (χ4v) is 11.9. The molecule has 4 fully saturated rings. The van der Waals surface area contributed by atoms with E-state index in [0.717, 1.165) is 32.7 Å². The Morgan fingerprint density at radius 2 is 1.67 bits per heavy atom. The lowest BCUT2D eigenvalue weighted by Gasteiger charge is -2.69. The molecule has 1 unspecified atom stereocenters. The molecule has 2 bridgehead atoms. The quantitative estimate of drug-likeness (QED) is 0.103. The minimum absolute atomic E-state index is 0.00176. The number of Topliss-reactive ketones (excluding diaryl/α,β-unsaturated/α-hetero) is 1. The number of fused-ring (bicyclic) bond motifs is 5. The minimum atomic E-state index is -1.91. The van der Waals surface area contributed by atoms with E-state index in [9.17, 15) is 19.5 Å². The van der Waals surface area contributed by atoms with Crippen molar-refractivity contribution in [2.75, 3.05) is 53.0 Å². The summed E-state index contributed by atoms with van der Waals surface area (Å²) in [6.07, 6.45) is -3.49. The second-order valence-electron chi connectivity index (χ2n) is 19.1. The third kappa shape index (κ3) is 8.74. The molecule has 2 saturated carbocycles. The molecule has 0 amide bonds. The lowest BCUT2D eigenvalue weighted by Crippen LogP contribution is -2.74. The third-order valence-corrected chi connectivity index (χ3v) is 15.5. The van der Waals surface area contributed by atoms with Crippen molar-refractivity contribution in [3.8, 4) is 0 Å². The molecule has 12 nitrogen and oxygen atoms in total. The number of esters is 2. The highest BCUT2D eigenvalue weighted by Crippen LogP contribution is 2.68. The maximum atomic E-state index is 15.5. The smallest absolute Gasteiger partial charge is 0.461 e. The lowest BCUT2D eigenvalue weighted by atomic mass is 9.40. The zero-order valence-electron chi connectivity index (χ0n) is 36.4. The number of hydrogen-bond acceptors (Lipinski definition) is 12. The van der Waals surface area contributed by atoms with E-state index in [0.29, 0.717) is 36.2 Å². The normalized spacial score (nSPS) is 35.4. The number of halogens is 3. The molecule has 2 aliphatic heterocycles. The number of carbonyl (C=O) groups is 4. The molecule has 11 atom stereocenters. The number of nitrogens with zero attached hydrogens (tertiary/aromatic N) is 2. The van der Waals surface area contributed by atoms with Crippen LogP contribution in [0.3, 0.4) is 0 Å². The Hall–Kier alpha value is -2.45. The summed E-state index contributed by atoms with van der Waals surface area (Å²) in [5.41, 5.74) is -2.19. The van der Waals surface area contributed by atoms with E-state index in [2.05, 4.69) is 23.8 Å². The van der Waals surface area contributed by atoms with Gasteiger partial charge in [-0.25, -0.2) is 9.59 Å². The van der Waals surface area contributed by atoms with E-state index in [1.54, 1.807) is 31.2 Å². The van der Waals surface area contributed by atoms with Gasteiger partial charge in [-0.2, -0.15) is 0 Å². The van der Waals surface area contributed by atoms with E-state index in [1.807, 2.05) is 47.6 Å². The van der Waals surface area contributed by atoms with Gasteiger partial charge in [0.25, 0.3) is 0 Å². The van der Waals surface area contributed by atoms with Gasteiger partial charge in [-0.05, 0) is 62.4 Å². The Labute approximate surface area is 369 Å². The monoisotopic (exact) mass is 896 g/mol. The van der Waals surface area contributed by atoms with Crippen molar-refractivity contribution >= 4 is 58.7 Å². The average molecular weight is 898 g/mol. The van der Waals surface area contributed by atoms with Crippen molar-refractivity contribution in [3.63, 3.8) is 0 Å². The standard InChI is InChI=1S/C45H63Cl3N2O10/c1-26(30-14-11-10-12-15-30)36(60-40(54)57-25-45(46,47)48)39(53)58-31-23-44(55)29(4)37-42(7)24-56-32(42)22-33(59-34(51)16-13-17-50-20-18-49(9)19-21-50)43(37,8)38(52)28(3)35(27(31)2)41(44,5)6/h10-12,14-15,26,28-29,31-33,36-37,55H,13,16-25H2,1-9H3/t26-,28+,29-,31-,32+,33-,36+,37?,42+,43+,44+/m0/s1. The molecule has 60 heavy (non-hydrogen) atoms. The fourth-order valence-electron chi connectivity index (χ4n) is 11.7. The van der Waals surface area contributed by atoms with E-state index < -0.39 is 86.4 Å². The van der Waals surface area contributed by atoms with Crippen molar-refractivity contribution < 1.29 is 48.0 Å². The Kier molecular flexibility index (Phi) is 13.8. The maximum Gasteiger partial charge on any atom is 0.509 e. The first-order valence-corrected chi connectivity index (χ1v) is 22.4. The van der Waals surface area contributed by atoms with Gasteiger partial charge in [0.1, 0.15) is 24.6 Å². The summed E-state index contributed by atoms with van der Waals surface area (Å²) < 4.78 is 27.6. The fraction of sp³-hybridized carbons (Fsp3) is 0.733. The summed E-state index contributed by atoms with van der Waals surface area (Å²) in [4.78, 5) is 61.1. The Morgan fingerprint density at radius 1 is 1.02 bits per heavy atom. The predicted octanol–water partition coefficient (Wildman–Crippen LogP) is 7.30. The predicted molar refractivity (Wildman–Crippen MR) is 228 cm³/mol. The SMILES string of the molecule is CC1=C2[C@@H](C)C(=O)[C@@]3(C)C([C@H](C)[C@](O)(C[C@@H]1OC(=O)[C@H](OC(=O)OCC(Cl)(Cl)Cl)[C@@H](C)c1ccccc1)C2(C)C)[C@]1(C)CO[C@@H]1C[C@@H]3OC(=O)CCCN1CCN(C)CC1. The van der Waals surface area contributed by atoms with Gasteiger partial charge >= 0.3 is 18.1 Å². The summed E-state index contributed by atoms with van der Waals surface area (Å²) in [7, 11) is 2.11. The number of benzene rings is 1. The second kappa shape index (κ2) is 17.6. The molecule has 3 aliphatic carbocycles. The Morgan fingerprint density at radius 3 is 2.27 bits per heavy atom. The summed E-state index contributed by atoms with van der Waals surface area (Å²) in [6, 6.07) is 9.02. The van der Waals surface area contributed by atoms with Gasteiger partial charge in [-0.1, -0.05) is 107 Å². The number of piperazine rings is 1. The Bertz CT molecular complexity index is 1810. The van der Waals surface area contributed by atoms with Crippen LogP contribution in [0.4, 0.5) is 4.79 Å². The molecule has 1 N–H and O–H groups in total. The number of ketones is 1. The first kappa shape index (κ1) is 47.0. The van der Waals surface area contributed by atoms with Gasteiger partial charge in [0.15, 0.2) is 0 Å². The molecule has 1 aromatic carbocycles. The topological polar surface area (TPSA) is 141 Å². The Balaban J connectivity index is 1.31. The van der Waals surface area contributed by atoms with Crippen LogP contribution in [0.5, 0.6) is 0 Å². The highest BCUT2D eigenvalue weighted by Gasteiger charge is 2.73. The number of aliphatic hydroxyl groups is 1. The van der Waals surface area contributed by atoms with Crippen molar-refractivity contribution in [2.24, 2.45) is 34.0 Å². The first-order valence-electron chi connectivity index (χ1n) is 21.3. The molecule has 5 aliphatic rings. The first-order chi connectivity index (χ1) is 28.0. The molecular formula is C45H63Cl3N2O10. The third-order valence-electron chi connectivity index (χ3n) is 15.1. The molecule has 0 aromatic heterocycles.